The van der Waals surface area contributed by atoms with Crippen molar-refractivity contribution in [2.24, 2.45) is 0 Å². The summed E-state index contributed by atoms with van der Waals surface area (Å²) in [6.07, 6.45) is 2.79. The van der Waals surface area contributed by atoms with Gasteiger partial charge in [0.05, 0.1) is 7.11 Å². The number of anilines is 1. The van der Waals surface area contributed by atoms with Gasteiger partial charge in [-0.1, -0.05) is 12.1 Å². The first-order chi connectivity index (χ1) is 8.28. The molecular weight excluding hydrogens is 232 g/mol. The molecule has 2 rings (SSSR count). The summed E-state index contributed by atoms with van der Waals surface area (Å²) in [6.45, 7) is 2.16. The lowest BCUT2D eigenvalue weighted by molar-refractivity contribution is 0.414. The monoisotopic (exact) mass is 248 g/mol. The minimum Gasteiger partial charge on any atom is -0.497 e. The third-order valence-corrected chi connectivity index (χ3v) is 3.21. The van der Waals surface area contributed by atoms with Crippen LogP contribution in [0.3, 0.4) is 0 Å². The van der Waals surface area contributed by atoms with Gasteiger partial charge in [-0.15, -0.1) is 11.3 Å². The summed E-state index contributed by atoms with van der Waals surface area (Å²) in [6, 6.07) is 8.55. The topological polar surface area (TPSA) is 34.1 Å². The van der Waals surface area contributed by atoms with E-state index in [1.54, 1.807) is 18.4 Å². The van der Waals surface area contributed by atoms with E-state index in [-0.39, 0.29) is 0 Å². The van der Waals surface area contributed by atoms with Gasteiger partial charge in [0.2, 0.25) is 0 Å². The van der Waals surface area contributed by atoms with Crippen LogP contribution in [0.2, 0.25) is 0 Å². The van der Waals surface area contributed by atoms with E-state index >= 15 is 0 Å². The van der Waals surface area contributed by atoms with Gasteiger partial charge >= 0.3 is 0 Å². The molecule has 2 aromatic rings. The number of nitrogens with one attached hydrogen (secondary N) is 1. The van der Waals surface area contributed by atoms with E-state index in [9.17, 15) is 0 Å². The largest absolute Gasteiger partial charge is 0.497 e. The minimum atomic E-state index is 0.370. The second-order valence-electron chi connectivity index (χ2n) is 3.93. The molecule has 0 aliphatic rings. The summed E-state index contributed by atoms with van der Waals surface area (Å²) >= 11 is 1.63. The Kier molecular flexibility index (Phi) is 3.98. The van der Waals surface area contributed by atoms with Gasteiger partial charge in [-0.3, -0.25) is 0 Å². The zero-order chi connectivity index (χ0) is 12.1. The number of hydrogen-bond donors (Lipinski definition) is 1. The highest BCUT2D eigenvalue weighted by Crippen LogP contribution is 2.16. The Morgan fingerprint density at radius 2 is 2.12 bits per heavy atom. The zero-order valence-electron chi connectivity index (χ0n) is 10.0. The first-order valence-electron chi connectivity index (χ1n) is 5.57. The standard InChI is InChI=1S/C13H16N2OS/c1-10(15-13-14-7-8-17-13)9-11-3-5-12(16-2)6-4-11/h3-8,10H,9H2,1-2H3,(H,14,15). The van der Waals surface area contributed by atoms with Crippen molar-refractivity contribution in [3.63, 3.8) is 0 Å². The molecule has 0 amide bonds. The van der Waals surface area contributed by atoms with E-state index < -0.39 is 0 Å². The molecule has 0 aliphatic heterocycles. The lowest BCUT2D eigenvalue weighted by Crippen LogP contribution is -2.17. The van der Waals surface area contributed by atoms with Gasteiger partial charge in [0.25, 0.3) is 0 Å². The van der Waals surface area contributed by atoms with Gasteiger partial charge in [-0.05, 0) is 31.0 Å². The lowest BCUT2D eigenvalue weighted by atomic mass is 10.1. The molecule has 0 saturated heterocycles. The van der Waals surface area contributed by atoms with Crippen molar-refractivity contribution in [2.75, 3.05) is 12.4 Å². The molecular formula is C13H16N2OS. The predicted molar refractivity (Wildman–Crippen MR) is 71.9 cm³/mol. The molecule has 1 aromatic carbocycles. The summed E-state index contributed by atoms with van der Waals surface area (Å²) in [5.41, 5.74) is 1.29. The fourth-order valence-corrected chi connectivity index (χ4v) is 2.31. The smallest absolute Gasteiger partial charge is 0.182 e. The minimum absolute atomic E-state index is 0.370. The number of rotatable bonds is 5. The molecule has 0 aliphatic carbocycles. The predicted octanol–water partition coefficient (Wildman–Crippen LogP) is 3.19. The number of methoxy groups -OCH3 is 1. The van der Waals surface area contributed by atoms with Crippen LogP contribution in [0, 0.1) is 0 Å². The Hall–Kier alpha value is -1.55. The molecule has 3 nitrogen and oxygen atoms in total. The lowest BCUT2D eigenvalue weighted by Gasteiger charge is -2.13. The maximum absolute atomic E-state index is 5.14. The molecule has 0 saturated carbocycles. The van der Waals surface area contributed by atoms with Crippen LogP contribution in [-0.2, 0) is 6.42 Å². The van der Waals surface area contributed by atoms with E-state index in [4.69, 9.17) is 4.74 Å². The van der Waals surface area contributed by atoms with Gasteiger partial charge < -0.3 is 10.1 Å². The van der Waals surface area contributed by atoms with Crippen molar-refractivity contribution in [2.45, 2.75) is 19.4 Å². The van der Waals surface area contributed by atoms with Crippen LogP contribution in [0.25, 0.3) is 0 Å². The van der Waals surface area contributed by atoms with Gasteiger partial charge in [0, 0.05) is 17.6 Å². The Labute approximate surface area is 105 Å². The van der Waals surface area contributed by atoms with E-state index in [1.807, 2.05) is 23.7 Å². The van der Waals surface area contributed by atoms with E-state index in [0.717, 1.165) is 17.3 Å². The zero-order valence-corrected chi connectivity index (χ0v) is 10.8. The molecule has 4 heteroatoms. The fourth-order valence-electron chi connectivity index (χ4n) is 1.67. The summed E-state index contributed by atoms with van der Waals surface area (Å²) in [5.74, 6) is 0.897. The molecule has 0 bridgehead atoms. The van der Waals surface area contributed by atoms with E-state index in [1.165, 1.54) is 5.56 Å². The number of ether oxygens (including phenoxy) is 1. The fraction of sp³-hybridized carbons (Fsp3) is 0.308. The van der Waals surface area contributed by atoms with Gasteiger partial charge in [-0.2, -0.15) is 0 Å². The normalized spacial score (nSPS) is 12.1. The second-order valence-corrected chi connectivity index (χ2v) is 4.83. The molecule has 90 valence electrons. The Bertz CT molecular complexity index is 439. The summed E-state index contributed by atoms with van der Waals surface area (Å²) in [5, 5.41) is 6.33. The maximum Gasteiger partial charge on any atom is 0.182 e. The highest BCUT2D eigenvalue weighted by molar-refractivity contribution is 7.13. The average Bonchev–Trinajstić information content (AvgIpc) is 2.82. The summed E-state index contributed by atoms with van der Waals surface area (Å²) < 4.78 is 5.14. The van der Waals surface area contributed by atoms with E-state index in [0.29, 0.717) is 6.04 Å². The van der Waals surface area contributed by atoms with Crippen molar-refractivity contribution in [1.82, 2.24) is 4.98 Å². The molecule has 1 aromatic heterocycles. The average molecular weight is 248 g/mol. The highest BCUT2D eigenvalue weighted by Gasteiger charge is 2.05. The Balaban J connectivity index is 1.91. The van der Waals surface area contributed by atoms with Crippen molar-refractivity contribution in [3.8, 4) is 5.75 Å². The first-order valence-corrected chi connectivity index (χ1v) is 6.45. The van der Waals surface area contributed by atoms with E-state index in [2.05, 4.69) is 29.4 Å². The first kappa shape index (κ1) is 11.9. The third kappa shape index (κ3) is 3.46. The molecule has 0 radical (unpaired) electrons. The van der Waals surface area contributed by atoms with Crippen LogP contribution in [0.5, 0.6) is 5.75 Å². The Morgan fingerprint density at radius 3 is 2.71 bits per heavy atom. The number of nitrogens with zero attached hydrogens (tertiary/aromatic N) is 1. The second kappa shape index (κ2) is 5.68. The Morgan fingerprint density at radius 1 is 1.35 bits per heavy atom. The molecule has 1 unspecified atom stereocenters. The molecule has 1 N–H and O–H groups in total. The van der Waals surface area contributed by atoms with Crippen molar-refractivity contribution in [3.05, 3.63) is 41.4 Å². The van der Waals surface area contributed by atoms with Crippen LogP contribution in [0.4, 0.5) is 5.13 Å². The third-order valence-electron chi connectivity index (χ3n) is 2.50. The summed E-state index contributed by atoms with van der Waals surface area (Å²) in [4.78, 5) is 4.21. The molecule has 17 heavy (non-hydrogen) atoms. The number of aromatic nitrogens is 1. The van der Waals surface area contributed by atoms with Crippen molar-refractivity contribution in [1.29, 1.82) is 0 Å². The van der Waals surface area contributed by atoms with Crippen LogP contribution in [0.1, 0.15) is 12.5 Å². The molecule has 1 heterocycles. The van der Waals surface area contributed by atoms with Crippen LogP contribution in [0.15, 0.2) is 35.8 Å². The van der Waals surface area contributed by atoms with Crippen molar-refractivity contribution >= 4 is 16.5 Å². The number of thiazole rings is 1. The molecule has 0 fully saturated rings. The quantitative estimate of drug-likeness (QED) is 0.882. The van der Waals surface area contributed by atoms with Gasteiger partial charge in [0.1, 0.15) is 5.75 Å². The highest BCUT2D eigenvalue weighted by atomic mass is 32.1. The van der Waals surface area contributed by atoms with Crippen LogP contribution < -0.4 is 10.1 Å². The van der Waals surface area contributed by atoms with Crippen molar-refractivity contribution < 1.29 is 4.74 Å². The maximum atomic E-state index is 5.14. The van der Waals surface area contributed by atoms with Gasteiger partial charge in [0.15, 0.2) is 5.13 Å². The SMILES string of the molecule is COc1ccc(CC(C)Nc2nccs2)cc1. The van der Waals surface area contributed by atoms with Crippen LogP contribution >= 0.6 is 11.3 Å². The van der Waals surface area contributed by atoms with Gasteiger partial charge in [-0.25, -0.2) is 4.98 Å². The number of hydrogen-bond acceptors (Lipinski definition) is 4. The number of benzene rings is 1. The molecule has 1 atom stereocenters. The van der Waals surface area contributed by atoms with Crippen LogP contribution in [-0.4, -0.2) is 18.1 Å². The summed E-state index contributed by atoms with van der Waals surface area (Å²) in [7, 11) is 1.68. The molecule has 0 spiro atoms.